The number of ether oxygens (including phenoxy) is 3. The van der Waals surface area contributed by atoms with Crippen molar-refractivity contribution in [3.05, 3.63) is 0 Å². The molecular weight excluding hydrogens is 282 g/mol. The van der Waals surface area contributed by atoms with Gasteiger partial charge in [-0.2, -0.15) is 0 Å². The third-order valence-corrected chi connectivity index (χ3v) is 4.70. The Morgan fingerprint density at radius 2 is 1.82 bits per heavy atom. The lowest BCUT2D eigenvalue weighted by atomic mass is 9.94. The molecule has 2 saturated heterocycles. The third kappa shape index (κ3) is 4.65. The molecule has 2 rings (SSSR count). The van der Waals surface area contributed by atoms with E-state index in [2.05, 4.69) is 11.8 Å². The quantitative estimate of drug-likeness (QED) is 0.696. The van der Waals surface area contributed by atoms with Gasteiger partial charge in [0.1, 0.15) is 12.2 Å². The van der Waals surface area contributed by atoms with Gasteiger partial charge >= 0.3 is 0 Å². The first-order chi connectivity index (χ1) is 10.4. The molecule has 2 aliphatic heterocycles. The van der Waals surface area contributed by atoms with E-state index in [1.807, 2.05) is 20.8 Å². The zero-order valence-corrected chi connectivity index (χ0v) is 14.6. The van der Waals surface area contributed by atoms with Gasteiger partial charge in [-0.15, -0.1) is 0 Å². The van der Waals surface area contributed by atoms with Gasteiger partial charge in [-0.1, -0.05) is 12.8 Å². The minimum atomic E-state index is -0.583. The van der Waals surface area contributed by atoms with Crippen LogP contribution >= 0.6 is 0 Å². The van der Waals surface area contributed by atoms with Gasteiger partial charge in [0.2, 0.25) is 0 Å². The van der Waals surface area contributed by atoms with E-state index < -0.39 is 11.9 Å². The Balaban J connectivity index is 1.71. The summed E-state index contributed by atoms with van der Waals surface area (Å²) in [6, 6.07) is 0.290. The monoisotopic (exact) mass is 315 g/mol. The lowest BCUT2D eigenvalue weighted by Gasteiger charge is -2.41. The van der Waals surface area contributed by atoms with Crippen molar-refractivity contribution in [2.24, 2.45) is 0 Å². The first kappa shape index (κ1) is 18.1. The second kappa shape index (κ2) is 8.06. The number of aliphatic hydroxyl groups is 1. The zero-order valence-electron chi connectivity index (χ0n) is 14.6. The Bertz CT molecular complexity index is 337. The van der Waals surface area contributed by atoms with Crippen LogP contribution in [0.3, 0.4) is 0 Å². The summed E-state index contributed by atoms with van der Waals surface area (Å²) >= 11 is 0. The Morgan fingerprint density at radius 1 is 1.14 bits per heavy atom. The fourth-order valence-electron chi connectivity index (χ4n) is 3.52. The second-order valence-corrected chi connectivity index (χ2v) is 6.98. The Morgan fingerprint density at radius 3 is 2.55 bits per heavy atom. The molecule has 5 heteroatoms. The molecule has 1 N–H and O–H groups in total. The van der Waals surface area contributed by atoms with Crippen LogP contribution in [0.5, 0.6) is 0 Å². The standard InChI is InChI=1S/C17H33NO4/c1-5-20-11-9-7-6-8-10-18-12-14(19)16-15(13(18)2)21-17(3,4)22-16/h13-16,19H,5-12H2,1-4H3/t13-,14+,15+,16-/m1/s1. The summed E-state index contributed by atoms with van der Waals surface area (Å²) in [5, 5.41) is 10.3. The number of unbranched alkanes of at least 4 members (excludes halogenated alkanes) is 3. The van der Waals surface area contributed by atoms with Crippen molar-refractivity contribution in [3.8, 4) is 0 Å². The third-order valence-electron chi connectivity index (χ3n) is 4.70. The summed E-state index contributed by atoms with van der Waals surface area (Å²) < 4.78 is 17.2. The highest BCUT2D eigenvalue weighted by atomic mass is 16.8. The molecule has 2 heterocycles. The van der Waals surface area contributed by atoms with Crippen LogP contribution in [0, 0.1) is 0 Å². The molecule has 0 aliphatic carbocycles. The molecule has 0 saturated carbocycles. The molecule has 0 aromatic heterocycles. The van der Waals surface area contributed by atoms with Gasteiger partial charge in [-0.25, -0.2) is 0 Å². The van der Waals surface area contributed by atoms with Gasteiger partial charge in [0, 0.05) is 25.8 Å². The Kier molecular flexibility index (Phi) is 6.65. The molecule has 2 fully saturated rings. The van der Waals surface area contributed by atoms with Crippen molar-refractivity contribution in [3.63, 3.8) is 0 Å². The molecule has 5 nitrogen and oxygen atoms in total. The van der Waals surface area contributed by atoms with E-state index in [1.54, 1.807) is 0 Å². The van der Waals surface area contributed by atoms with Crippen LogP contribution in [0.4, 0.5) is 0 Å². The van der Waals surface area contributed by atoms with Crippen LogP contribution in [0.1, 0.15) is 53.4 Å². The average Bonchev–Trinajstić information content (AvgIpc) is 2.79. The number of fused-ring (bicyclic) bond motifs is 1. The average molecular weight is 315 g/mol. The van der Waals surface area contributed by atoms with Crippen LogP contribution in [0.2, 0.25) is 0 Å². The normalized spacial score (nSPS) is 34.8. The molecule has 0 radical (unpaired) electrons. The van der Waals surface area contributed by atoms with Gasteiger partial charge in [-0.3, -0.25) is 4.90 Å². The van der Waals surface area contributed by atoms with Crippen molar-refractivity contribution < 1.29 is 19.3 Å². The van der Waals surface area contributed by atoms with Crippen LogP contribution < -0.4 is 0 Å². The molecule has 2 aliphatic rings. The van der Waals surface area contributed by atoms with E-state index in [0.717, 1.165) is 32.6 Å². The fourth-order valence-corrected chi connectivity index (χ4v) is 3.52. The fraction of sp³-hybridized carbons (Fsp3) is 1.00. The minimum Gasteiger partial charge on any atom is -0.389 e. The molecule has 130 valence electrons. The maximum Gasteiger partial charge on any atom is 0.163 e. The number of piperidine rings is 1. The molecular formula is C17H33NO4. The smallest absolute Gasteiger partial charge is 0.163 e. The van der Waals surface area contributed by atoms with Crippen LogP contribution in [-0.4, -0.2) is 66.5 Å². The number of nitrogens with zero attached hydrogens (tertiary/aromatic N) is 1. The van der Waals surface area contributed by atoms with Crippen molar-refractivity contribution in [2.75, 3.05) is 26.3 Å². The molecule has 0 aromatic carbocycles. The number of hydrogen-bond donors (Lipinski definition) is 1. The van der Waals surface area contributed by atoms with Gasteiger partial charge in [0.05, 0.1) is 6.10 Å². The zero-order chi connectivity index (χ0) is 16.2. The molecule has 22 heavy (non-hydrogen) atoms. The predicted molar refractivity (Wildman–Crippen MR) is 85.8 cm³/mol. The maximum atomic E-state index is 10.3. The van der Waals surface area contributed by atoms with Gasteiger partial charge in [0.25, 0.3) is 0 Å². The van der Waals surface area contributed by atoms with Crippen LogP contribution in [0.15, 0.2) is 0 Å². The highest BCUT2D eigenvalue weighted by molar-refractivity contribution is 4.98. The van der Waals surface area contributed by atoms with E-state index in [0.29, 0.717) is 12.6 Å². The molecule has 4 atom stereocenters. The Labute approximate surface area is 134 Å². The summed E-state index contributed by atoms with van der Waals surface area (Å²) in [6.45, 7) is 11.4. The van der Waals surface area contributed by atoms with E-state index >= 15 is 0 Å². The number of aliphatic hydroxyl groups excluding tert-OH is 1. The number of rotatable bonds is 8. The van der Waals surface area contributed by atoms with Crippen molar-refractivity contribution in [1.82, 2.24) is 4.90 Å². The second-order valence-electron chi connectivity index (χ2n) is 6.98. The summed E-state index contributed by atoms with van der Waals surface area (Å²) in [5.74, 6) is -0.583. The van der Waals surface area contributed by atoms with E-state index in [-0.39, 0.29) is 12.2 Å². The first-order valence-corrected chi connectivity index (χ1v) is 8.80. The first-order valence-electron chi connectivity index (χ1n) is 8.80. The molecule has 0 amide bonds. The SMILES string of the molecule is CCOCCCCCCN1C[C@H](O)[C@H]2OC(C)(C)O[C@H]2[C@H]1C. The van der Waals surface area contributed by atoms with E-state index in [9.17, 15) is 5.11 Å². The summed E-state index contributed by atoms with van der Waals surface area (Å²) in [6.07, 6.45) is 4.05. The summed E-state index contributed by atoms with van der Waals surface area (Å²) in [5.41, 5.74) is 0. The number of β-amino-alcohol motifs (C(OH)–C–C–N with tert-alkyl or cyclic N) is 1. The lowest BCUT2D eigenvalue weighted by Crippen LogP contribution is -2.59. The molecule has 0 spiro atoms. The molecule has 0 aromatic rings. The van der Waals surface area contributed by atoms with Gasteiger partial charge in [-0.05, 0) is 47.1 Å². The Hall–Kier alpha value is -0.200. The molecule has 0 bridgehead atoms. The number of likely N-dealkylation sites (tertiary alicyclic amines) is 1. The topological polar surface area (TPSA) is 51.2 Å². The van der Waals surface area contributed by atoms with Crippen LogP contribution in [-0.2, 0) is 14.2 Å². The molecule has 0 unspecified atom stereocenters. The van der Waals surface area contributed by atoms with Crippen molar-refractivity contribution in [1.29, 1.82) is 0 Å². The van der Waals surface area contributed by atoms with Gasteiger partial charge < -0.3 is 19.3 Å². The maximum absolute atomic E-state index is 10.3. The number of hydrogen-bond acceptors (Lipinski definition) is 5. The van der Waals surface area contributed by atoms with Crippen molar-refractivity contribution in [2.45, 2.75) is 83.5 Å². The summed E-state index contributed by atoms with van der Waals surface area (Å²) in [4.78, 5) is 2.35. The largest absolute Gasteiger partial charge is 0.389 e. The van der Waals surface area contributed by atoms with Gasteiger partial charge in [0.15, 0.2) is 5.79 Å². The van der Waals surface area contributed by atoms with Crippen molar-refractivity contribution >= 4 is 0 Å². The predicted octanol–water partition coefficient (Wildman–Crippen LogP) is 2.17. The highest BCUT2D eigenvalue weighted by Crippen LogP contribution is 2.36. The lowest BCUT2D eigenvalue weighted by molar-refractivity contribution is -0.153. The van der Waals surface area contributed by atoms with E-state index in [1.165, 1.54) is 12.8 Å². The summed E-state index contributed by atoms with van der Waals surface area (Å²) in [7, 11) is 0. The minimum absolute atomic E-state index is 0.0308. The van der Waals surface area contributed by atoms with Crippen LogP contribution in [0.25, 0.3) is 0 Å². The van der Waals surface area contributed by atoms with E-state index in [4.69, 9.17) is 14.2 Å². The highest BCUT2D eigenvalue weighted by Gasteiger charge is 2.51.